The standard InChI is InChI=1S/C10H13NO3/c1-11-9(6-12)7-3-2-4-8(5-7)10(13)14/h2-5,9,11-12H,6H2,1H3,(H,13,14)/t9-/m1/s1. The number of likely N-dealkylation sites (N-methyl/N-ethyl adjacent to an activating group) is 1. The van der Waals surface area contributed by atoms with Crippen LogP contribution in [-0.2, 0) is 0 Å². The van der Waals surface area contributed by atoms with E-state index in [1.165, 1.54) is 6.07 Å². The van der Waals surface area contributed by atoms with Gasteiger partial charge >= 0.3 is 5.97 Å². The monoisotopic (exact) mass is 195 g/mol. The molecule has 1 rings (SSSR count). The minimum atomic E-state index is -0.959. The Kier molecular flexibility index (Phi) is 3.62. The van der Waals surface area contributed by atoms with Gasteiger partial charge in [0.25, 0.3) is 0 Å². The van der Waals surface area contributed by atoms with Gasteiger partial charge in [0, 0.05) is 0 Å². The molecule has 0 aromatic heterocycles. The molecule has 1 aromatic carbocycles. The second-order valence-electron chi connectivity index (χ2n) is 2.95. The summed E-state index contributed by atoms with van der Waals surface area (Å²) in [6.45, 7) is -0.0560. The average Bonchev–Trinajstić information content (AvgIpc) is 2.20. The number of nitrogens with one attached hydrogen (secondary N) is 1. The summed E-state index contributed by atoms with van der Waals surface area (Å²) < 4.78 is 0. The number of aliphatic hydroxyl groups excluding tert-OH is 1. The van der Waals surface area contributed by atoms with Crippen LogP contribution in [0.3, 0.4) is 0 Å². The number of carboxylic acids is 1. The molecule has 0 heterocycles. The largest absolute Gasteiger partial charge is 0.478 e. The topological polar surface area (TPSA) is 69.6 Å². The van der Waals surface area contributed by atoms with E-state index in [0.29, 0.717) is 0 Å². The van der Waals surface area contributed by atoms with Gasteiger partial charge < -0.3 is 15.5 Å². The first-order valence-corrected chi connectivity index (χ1v) is 4.30. The first-order valence-electron chi connectivity index (χ1n) is 4.30. The molecule has 0 bridgehead atoms. The third-order valence-corrected chi connectivity index (χ3v) is 2.07. The molecule has 1 atom stereocenters. The van der Waals surface area contributed by atoms with E-state index in [0.717, 1.165) is 5.56 Å². The number of aromatic carboxylic acids is 1. The number of rotatable bonds is 4. The van der Waals surface area contributed by atoms with Crippen LogP contribution in [0.25, 0.3) is 0 Å². The van der Waals surface area contributed by atoms with E-state index >= 15 is 0 Å². The van der Waals surface area contributed by atoms with Crippen LogP contribution in [0, 0.1) is 0 Å². The van der Waals surface area contributed by atoms with Crippen molar-refractivity contribution >= 4 is 5.97 Å². The second kappa shape index (κ2) is 4.74. The molecular formula is C10H13NO3. The highest BCUT2D eigenvalue weighted by atomic mass is 16.4. The average molecular weight is 195 g/mol. The quantitative estimate of drug-likeness (QED) is 0.659. The van der Waals surface area contributed by atoms with Gasteiger partial charge in [-0.05, 0) is 24.7 Å². The summed E-state index contributed by atoms with van der Waals surface area (Å²) in [5, 5.41) is 20.6. The van der Waals surface area contributed by atoms with Crippen LogP contribution in [0.15, 0.2) is 24.3 Å². The van der Waals surface area contributed by atoms with Crippen molar-refractivity contribution in [2.45, 2.75) is 6.04 Å². The Hall–Kier alpha value is -1.39. The molecule has 4 heteroatoms. The van der Waals surface area contributed by atoms with Crippen molar-refractivity contribution in [3.05, 3.63) is 35.4 Å². The van der Waals surface area contributed by atoms with Crippen LogP contribution < -0.4 is 5.32 Å². The first-order chi connectivity index (χ1) is 6.69. The fourth-order valence-electron chi connectivity index (χ4n) is 1.25. The van der Waals surface area contributed by atoms with Crippen molar-refractivity contribution in [2.75, 3.05) is 13.7 Å². The number of hydrogen-bond donors (Lipinski definition) is 3. The van der Waals surface area contributed by atoms with Crippen LogP contribution >= 0.6 is 0 Å². The first kappa shape index (κ1) is 10.7. The molecule has 0 radical (unpaired) electrons. The zero-order valence-corrected chi connectivity index (χ0v) is 7.90. The summed E-state index contributed by atoms with van der Waals surface area (Å²) in [5.41, 5.74) is 1.01. The Morgan fingerprint density at radius 3 is 2.79 bits per heavy atom. The van der Waals surface area contributed by atoms with Gasteiger partial charge in [0.2, 0.25) is 0 Å². The van der Waals surface area contributed by atoms with E-state index in [4.69, 9.17) is 10.2 Å². The van der Waals surface area contributed by atoms with E-state index < -0.39 is 5.97 Å². The summed E-state index contributed by atoms with van der Waals surface area (Å²) in [4.78, 5) is 10.7. The normalized spacial score (nSPS) is 12.4. The number of carbonyl (C=O) groups is 1. The molecular weight excluding hydrogens is 182 g/mol. The molecule has 0 aliphatic rings. The van der Waals surface area contributed by atoms with Gasteiger partial charge in [-0.25, -0.2) is 4.79 Å². The summed E-state index contributed by atoms with van der Waals surface area (Å²) in [6, 6.07) is 6.31. The van der Waals surface area contributed by atoms with Gasteiger partial charge in [-0.1, -0.05) is 12.1 Å². The second-order valence-corrected chi connectivity index (χ2v) is 2.95. The highest BCUT2D eigenvalue weighted by molar-refractivity contribution is 5.87. The van der Waals surface area contributed by atoms with Crippen LogP contribution in [0.1, 0.15) is 22.0 Å². The number of carboxylic acid groups (broad SMARTS) is 1. The lowest BCUT2D eigenvalue weighted by Crippen LogP contribution is -2.20. The SMILES string of the molecule is CN[C@H](CO)c1cccc(C(=O)O)c1. The van der Waals surface area contributed by atoms with Crippen LogP contribution in [0.2, 0.25) is 0 Å². The minimum Gasteiger partial charge on any atom is -0.478 e. The fourth-order valence-corrected chi connectivity index (χ4v) is 1.25. The van der Waals surface area contributed by atoms with Crippen molar-refractivity contribution in [2.24, 2.45) is 0 Å². The Labute approximate surface area is 82.2 Å². The third-order valence-electron chi connectivity index (χ3n) is 2.07. The molecule has 4 nitrogen and oxygen atoms in total. The highest BCUT2D eigenvalue weighted by Crippen LogP contribution is 2.13. The molecule has 14 heavy (non-hydrogen) atoms. The summed E-state index contributed by atoms with van der Waals surface area (Å²) >= 11 is 0. The summed E-state index contributed by atoms with van der Waals surface area (Å²) in [5.74, 6) is -0.959. The Balaban J connectivity index is 2.98. The van der Waals surface area contributed by atoms with Gasteiger partial charge in [-0.3, -0.25) is 0 Å². The molecule has 0 spiro atoms. The van der Waals surface area contributed by atoms with Crippen molar-refractivity contribution in [3.63, 3.8) is 0 Å². The van der Waals surface area contributed by atoms with Crippen molar-refractivity contribution < 1.29 is 15.0 Å². The number of hydrogen-bond acceptors (Lipinski definition) is 3. The predicted octanol–water partition coefficient (Wildman–Crippen LogP) is 0.638. The van der Waals surface area contributed by atoms with Gasteiger partial charge in [0.1, 0.15) is 0 Å². The van der Waals surface area contributed by atoms with Gasteiger partial charge in [0.15, 0.2) is 0 Å². The summed E-state index contributed by atoms with van der Waals surface area (Å²) in [7, 11) is 1.72. The Morgan fingerprint density at radius 2 is 2.29 bits per heavy atom. The maximum atomic E-state index is 10.7. The van der Waals surface area contributed by atoms with E-state index in [1.54, 1.807) is 25.2 Å². The van der Waals surface area contributed by atoms with E-state index in [1.807, 2.05) is 0 Å². The smallest absolute Gasteiger partial charge is 0.335 e. The lowest BCUT2D eigenvalue weighted by Gasteiger charge is -2.13. The fraction of sp³-hybridized carbons (Fsp3) is 0.300. The van der Waals surface area contributed by atoms with E-state index in [9.17, 15) is 4.79 Å². The Bertz CT molecular complexity index is 321. The van der Waals surface area contributed by atoms with E-state index in [-0.39, 0.29) is 18.2 Å². The molecule has 0 amide bonds. The lowest BCUT2D eigenvalue weighted by molar-refractivity contribution is 0.0696. The van der Waals surface area contributed by atoms with Crippen LogP contribution in [0.5, 0.6) is 0 Å². The van der Waals surface area contributed by atoms with E-state index in [2.05, 4.69) is 5.32 Å². The predicted molar refractivity (Wildman–Crippen MR) is 52.3 cm³/mol. The molecule has 0 aliphatic heterocycles. The van der Waals surface area contributed by atoms with Crippen LogP contribution in [0.4, 0.5) is 0 Å². The van der Waals surface area contributed by atoms with Gasteiger partial charge in [-0.15, -0.1) is 0 Å². The van der Waals surface area contributed by atoms with Gasteiger partial charge in [0.05, 0.1) is 18.2 Å². The zero-order chi connectivity index (χ0) is 10.6. The van der Waals surface area contributed by atoms with Crippen molar-refractivity contribution in [3.8, 4) is 0 Å². The maximum Gasteiger partial charge on any atom is 0.335 e. The molecule has 0 saturated heterocycles. The zero-order valence-electron chi connectivity index (χ0n) is 7.90. The van der Waals surface area contributed by atoms with Gasteiger partial charge in [-0.2, -0.15) is 0 Å². The number of aliphatic hydroxyl groups is 1. The number of benzene rings is 1. The maximum absolute atomic E-state index is 10.7. The van der Waals surface area contributed by atoms with Crippen molar-refractivity contribution in [1.82, 2.24) is 5.32 Å². The molecule has 0 fully saturated rings. The highest BCUT2D eigenvalue weighted by Gasteiger charge is 2.09. The molecule has 0 unspecified atom stereocenters. The van der Waals surface area contributed by atoms with Crippen molar-refractivity contribution in [1.29, 1.82) is 0 Å². The van der Waals surface area contributed by atoms with Crippen LogP contribution in [-0.4, -0.2) is 29.8 Å². The molecule has 1 aromatic rings. The molecule has 76 valence electrons. The Morgan fingerprint density at radius 1 is 1.57 bits per heavy atom. The minimum absolute atomic E-state index is 0.0560. The molecule has 3 N–H and O–H groups in total. The lowest BCUT2D eigenvalue weighted by atomic mass is 10.0. The summed E-state index contributed by atoms with van der Waals surface area (Å²) in [6.07, 6.45) is 0. The molecule has 0 aliphatic carbocycles. The third kappa shape index (κ3) is 2.31. The molecule has 0 saturated carbocycles.